The molecule has 0 rings (SSSR count). The molecule has 0 bridgehead atoms. The summed E-state index contributed by atoms with van der Waals surface area (Å²) in [5.74, 6) is 1.09. The fourth-order valence-electron chi connectivity index (χ4n) is 5.70. The Labute approximate surface area is 237 Å². The molecule has 0 fully saturated rings. The average molecular weight is 539 g/mol. The molecule has 0 saturated carbocycles. The number of hydrogen-bond acceptors (Lipinski definition) is 4. The van der Waals surface area contributed by atoms with Gasteiger partial charge in [0.1, 0.15) is 12.7 Å². The van der Waals surface area contributed by atoms with Crippen LogP contribution >= 0.6 is 0 Å². The van der Waals surface area contributed by atoms with E-state index in [-0.39, 0.29) is 6.61 Å². The van der Waals surface area contributed by atoms with E-state index in [0.29, 0.717) is 0 Å². The number of carbonyl (C=O) groups excluding carboxylic acids is 1. The molecule has 0 saturated heterocycles. The monoisotopic (exact) mass is 538 g/mol. The predicted molar refractivity (Wildman–Crippen MR) is 163 cm³/mol. The van der Waals surface area contributed by atoms with E-state index >= 15 is 0 Å². The Bertz CT molecular complexity index is 513. The molecule has 2 unspecified atom stereocenters. The molecule has 0 aromatic carbocycles. The number of ether oxygens (including phenoxy) is 1. The van der Waals surface area contributed by atoms with E-state index in [4.69, 9.17) is 9.84 Å². The molecule has 4 nitrogen and oxygen atoms in total. The summed E-state index contributed by atoms with van der Waals surface area (Å²) in [6.45, 7) is 6.33. The Morgan fingerprint density at radius 3 is 1.53 bits per heavy atom. The molecule has 0 aliphatic heterocycles. The summed E-state index contributed by atoms with van der Waals surface area (Å²) < 4.78 is 4.95. The standard InChI is InChI=1S/C34H66O4/c1-4-7-8-9-10-11-12-13-14-15-16-17-18-19-20-21-26-32(31(24-5-2)25-6-3)27-22-23-28-34(37)38-30-33(36)29-35/h23,28,31-33,35-36H,4-22,24-27,29-30H2,1-3H3/b28-23+. The topological polar surface area (TPSA) is 66.8 Å². The number of aliphatic hydroxyl groups is 2. The van der Waals surface area contributed by atoms with E-state index in [1.54, 1.807) is 0 Å². The molecule has 2 N–H and O–H groups in total. The summed E-state index contributed by atoms with van der Waals surface area (Å²) in [5, 5.41) is 18.1. The maximum atomic E-state index is 11.8. The fourth-order valence-corrected chi connectivity index (χ4v) is 5.70. The first-order valence-corrected chi connectivity index (χ1v) is 16.7. The van der Waals surface area contributed by atoms with Crippen LogP contribution in [0.4, 0.5) is 0 Å². The summed E-state index contributed by atoms with van der Waals surface area (Å²) in [7, 11) is 0. The van der Waals surface area contributed by atoms with Crippen LogP contribution in [-0.4, -0.2) is 35.5 Å². The molecule has 0 spiro atoms. The van der Waals surface area contributed by atoms with Crippen LogP contribution in [0.25, 0.3) is 0 Å². The lowest BCUT2D eigenvalue weighted by Gasteiger charge is -2.27. The molecular weight excluding hydrogens is 472 g/mol. The number of aliphatic hydroxyl groups excluding tert-OH is 2. The van der Waals surface area contributed by atoms with Gasteiger partial charge in [0, 0.05) is 6.08 Å². The first kappa shape index (κ1) is 37.1. The summed E-state index contributed by atoms with van der Waals surface area (Å²) in [6.07, 6.45) is 33.4. The number of rotatable bonds is 29. The molecule has 0 aliphatic carbocycles. The minimum atomic E-state index is -1.000. The van der Waals surface area contributed by atoms with Crippen LogP contribution in [0.15, 0.2) is 12.2 Å². The number of unbranched alkanes of at least 4 members (excludes halogenated alkanes) is 15. The predicted octanol–water partition coefficient (Wildman–Crippen LogP) is 9.70. The maximum Gasteiger partial charge on any atom is 0.330 e. The van der Waals surface area contributed by atoms with Crippen molar-refractivity contribution in [3.05, 3.63) is 12.2 Å². The van der Waals surface area contributed by atoms with Crippen molar-refractivity contribution in [1.82, 2.24) is 0 Å². The van der Waals surface area contributed by atoms with Crippen LogP contribution in [-0.2, 0) is 9.53 Å². The van der Waals surface area contributed by atoms with Gasteiger partial charge in [-0.05, 0) is 24.7 Å². The Kier molecular flexibility index (Phi) is 28.5. The normalized spacial score (nSPS) is 13.4. The van der Waals surface area contributed by atoms with Crippen molar-refractivity contribution < 1.29 is 19.7 Å². The Morgan fingerprint density at radius 1 is 0.632 bits per heavy atom. The fraction of sp³-hybridized carbons (Fsp3) is 0.912. The molecule has 226 valence electrons. The van der Waals surface area contributed by atoms with E-state index in [1.165, 1.54) is 141 Å². The second kappa shape index (κ2) is 29.1. The van der Waals surface area contributed by atoms with Gasteiger partial charge in [-0.1, -0.05) is 162 Å². The number of carbonyl (C=O) groups is 1. The van der Waals surface area contributed by atoms with Gasteiger partial charge in [-0.2, -0.15) is 0 Å². The second-order valence-corrected chi connectivity index (χ2v) is 11.6. The average Bonchev–Trinajstić information content (AvgIpc) is 2.92. The summed E-state index contributed by atoms with van der Waals surface area (Å²) >= 11 is 0. The Balaban J connectivity index is 4.03. The van der Waals surface area contributed by atoms with Gasteiger partial charge >= 0.3 is 5.97 Å². The molecule has 0 heterocycles. The molecule has 4 heteroatoms. The molecule has 0 aliphatic rings. The van der Waals surface area contributed by atoms with Gasteiger partial charge < -0.3 is 14.9 Å². The summed E-state index contributed by atoms with van der Waals surface area (Å²) in [5.41, 5.74) is 0. The summed E-state index contributed by atoms with van der Waals surface area (Å²) in [4.78, 5) is 11.8. The van der Waals surface area contributed by atoms with Crippen molar-refractivity contribution in [2.24, 2.45) is 11.8 Å². The molecule has 0 radical (unpaired) electrons. The van der Waals surface area contributed by atoms with Crippen LogP contribution in [0.2, 0.25) is 0 Å². The van der Waals surface area contributed by atoms with Gasteiger partial charge in [0.25, 0.3) is 0 Å². The van der Waals surface area contributed by atoms with E-state index in [1.807, 2.05) is 6.08 Å². The van der Waals surface area contributed by atoms with Gasteiger partial charge in [0.2, 0.25) is 0 Å². The van der Waals surface area contributed by atoms with Gasteiger partial charge in [-0.3, -0.25) is 0 Å². The zero-order chi connectivity index (χ0) is 28.1. The SMILES string of the molecule is CCCCCCCCCCCCCCCCCCC(CC/C=C/C(=O)OCC(O)CO)C(CCC)CCC. The van der Waals surface area contributed by atoms with Crippen molar-refractivity contribution in [3.63, 3.8) is 0 Å². The molecule has 0 aromatic rings. The van der Waals surface area contributed by atoms with Crippen LogP contribution in [0, 0.1) is 11.8 Å². The lowest BCUT2D eigenvalue weighted by molar-refractivity contribution is -0.141. The first-order valence-electron chi connectivity index (χ1n) is 16.7. The molecular formula is C34H66O4. The third-order valence-corrected chi connectivity index (χ3v) is 8.00. The molecule has 38 heavy (non-hydrogen) atoms. The van der Waals surface area contributed by atoms with Crippen molar-refractivity contribution in [3.8, 4) is 0 Å². The molecule has 0 aromatic heterocycles. The van der Waals surface area contributed by atoms with Crippen LogP contribution in [0.5, 0.6) is 0 Å². The maximum absolute atomic E-state index is 11.8. The van der Waals surface area contributed by atoms with E-state index in [9.17, 15) is 9.90 Å². The highest BCUT2D eigenvalue weighted by Crippen LogP contribution is 2.31. The highest BCUT2D eigenvalue weighted by Gasteiger charge is 2.19. The lowest BCUT2D eigenvalue weighted by Crippen LogP contribution is -2.21. The van der Waals surface area contributed by atoms with Crippen molar-refractivity contribution in [2.75, 3.05) is 13.2 Å². The van der Waals surface area contributed by atoms with Crippen molar-refractivity contribution in [2.45, 2.75) is 175 Å². The zero-order valence-corrected chi connectivity index (χ0v) is 25.8. The Morgan fingerprint density at radius 2 is 1.08 bits per heavy atom. The van der Waals surface area contributed by atoms with Crippen LogP contribution < -0.4 is 0 Å². The quantitative estimate of drug-likeness (QED) is 0.0565. The third-order valence-electron chi connectivity index (χ3n) is 8.00. The lowest BCUT2D eigenvalue weighted by atomic mass is 9.79. The molecule has 0 amide bonds. The number of esters is 1. The minimum Gasteiger partial charge on any atom is -0.460 e. The van der Waals surface area contributed by atoms with Gasteiger partial charge in [-0.15, -0.1) is 0 Å². The van der Waals surface area contributed by atoms with Crippen molar-refractivity contribution >= 4 is 5.97 Å². The van der Waals surface area contributed by atoms with E-state index in [0.717, 1.165) is 24.7 Å². The summed E-state index contributed by atoms with van der Waals surface area (Å²) in [6, 6.07) is 0. The number of hydrogen-bond donors (Lipinski definition) is 2. The number of allylic oxidation sites excluding steroid dienone is 1. The van der Waals surface area contributed by atoms with E-state index < -0.39 is 18.7 Å². The minimum absolute atomic E-state index is 0.156. The van der Waals surface area contributed by atoms with Gasteiger partial charge in [0.15, 0.2) is 0 Å². The largest absolute Gasteiger partial charge is 0.460 e. The van der Waals surface area contributed by atoms with Gasteiger partial charge in [0.05, 0.1) is 6.61 Å². The first-order chi connectivity index (χ1) is 18.6. The molecule has 2 atom stereocenters. The van der Waals surface area contributed by atoms with Gasteiger partial charge in [-0.25, -0.2) is 4.79 Å². The van der Waals surface area contributed by atoms with E-state index in [2.05, 4.69) is 20.8 Å². The van der Waals surface area contributed by atoms with Crippen LogP contribution in [0.3, 0.4) is 0 Å². The zero-order valence-electron chi connectivity index (χ0n) is 25.8. The highest BCUT2D eigenvalue weighted by atomic mass is 16.5. The third kappa shape index (κ3) is 24.2. The second-order valence-electron chi connectivity index (χ2n) is 11.6. The Hall–Kier alpha value is -0.870. The smallest absolute Gasteiger partial charge is 0.330 e. The highest BCUT2D eigenvalue weighted by molar-refractivity contribution is 5.81. The van der Waals surface area contributed by atoms with Crippen molar-refractivity contribution in [1.29, 1.82) is 0 Å². The van der Waals surface area contributed by atoms with Crippen LogP contribution in [0.1, 0.15) is 168 Å².